The van der Waals surface area contributed by atoms with Gasteiger partial charge < -0.3 is 10.1 Å². The monoisotopic (exact) mass is 404 g/mol. The molecular weight excluding hydrogens is 380 g/mol. The molecule has 0 radical (unpaired) electrons. The van der Waals surface area contributed by atoms with Crippen molar-refractivity contribution < 1.29 is 9.53 Å². The van der Waals surface area contributed by atoms with Crippen LogP contribution < -0.4 is 20.7 Å². The van der Waals surface area contributed by atoms with Crippen LogP contribution in [0.15, 0.2) is 65.7 Å². The van der Waals surface area contributed by atoms with Gasteiger partial charge in [-0.25, -0.2) is 19.8 Å². The Hall–Kier alpha value is -3.94. The number of hydrogen-bond donors (Lipinski definition) is 3. The molecule has 0 unspecified atom stereocenters. The molecule has 0 spiro atoms. The molecule has 1 heterocycles. The minimum absolute atomic E-state index is 0.222. The molecule has 0 fully saturated rings. The number of ether oxygens (including phenoxy) is 1. The first-order valence-corrected chi connectivity index (χ1v) is 9.42. The Bertz CT molecular complexity index is 1020. The van der Waals surface area contributed by atoms with Crippen molar-refractivity contribution in [1.29, 1.82) is 0 Å². The molecule has 3 aromatic rings. The number of nitrogens with zero attached hydrogens (tertiary/aromatic N) is 3. The lowest BCUT2D eigenvalue weighted by molar-refractivity contribution is 0.256. The Labute approximate surface area is 175 Å². The van der Waals surface area contributed by atoms with E-state index in [0.29, 0.717) is 18.2 Å². The molecule has 1 aromatic heterocycles. The van der Waals surface area contributed by atoms with Gasteiger partial charge in [0.1, 0.15) is 5.75 Å². The number of benzene rings is 2. The molecule has 3 N–H and O–H groups in total. The Balaban J connectivity index is 1.80. The van der Waals surface area contributed by atoms with Gasteiger partial charge in [0, 0.05) is 22.6 Å². The number of nitrogens with one attached hydrogen (secondary N) is 3. The van der Waals surface area contributed by atoms with Crippen LogP contribution in [0.4, 0.5) is 16.4 Å². The van der Waals surface area contributed by atoms with Crippen molar-refractivity contribution >= 4 is 23.6 Å². The Morgan fingerprint density at radius 2 is 1.63 bits per heavy atom. The lowest BCUT2D eigenvalue weighted by atomic mass is 10.2. The maximum absolute atomic E-state index is 12.5. The number of anilines is 2. The summed E-state index contributed by atoms with van der Waals surface area (Å²) in [5.41, 5.74) is 3.17. The number of hydrogen-bond acceptors (Lipinski definition) is 5. The zero-order chi connectivity index (χ0) is 21.3. The van der Waals surface area contributed by atoms with Gasteiger partial charge >= 0.3 is 6.03 Å². The fourth-order valence-corrected chi connectivity index (χ4v) is 2.79. The molecule has 0 aliphatic carbocycles. The molecule has 0 saturated heterocycles. The third kappa shape index (κ3) is 6.03. The fraction of sp³-hybridized carbons (Fsp3) is 0.182. The number of methoxy groups -OCH3 is 1. The standard InChI is InChI=1S/C22H24N6O2/c1-15-13-16(2)25-21(24-15)27-20(23-14-17-9-7-8-12-19(17)30-3)28-22(29)26-18-10-5-4-6-11-18/h4-13H,14H2,1-3H3,(H3,23,24,25,26,27,28,29). The molecule has 0 atom stereocenters. The van der Waals surface area contributed by atoms with Gasteiger partial charge in [-0.2, -0.15) is 0 Å². The minimum Gasteiger partial charge on any atom is -0.496 e. The summed E-state index contributed by atoms with van der Waals surface area (Å²) < 4.78 is 5.37. The largest absolute Gasteiger partial charge is 0.496 e. The van der Waals surface area contributed by atoms with Gasteiger partial charge in [0.25, 0.3) is 0 Å². The first kappa shape index (κ1) is 20.8. The molecule has 154 valence electrons. The van der Waals surface area contributed by atoms with Gasteiger partial charge in [0.15, 0.2) is 0 Å². The third-order valence-electron chi connectivity index (χ3n) is 4.08. The zero-order valence-corrected chi connectivity index (χ0v) is 17.1. The predicted molar refractivity (Wildman–Crippen MR) is 118 cm³/mol. The number of para-hydroxylation sites is 2. The summed E-state index contributed by atoms with van der Waals surface area (Å²) in [5.74, 6) is 1.29. The van der Waals surface area contributed by atoms with Crippen molar-refractivity contribution in [2.75, 3.05) is 17.7 Å². The van der Waals surface area contributed by atoms with E-state index in [1.807, 2.05) is 62.4 Å². The topological polar surface area (TPSA) is 101 Å². The molecule has 0 bridgehead atoms. The summed E-state index contributed by atoms with van der Waals surface area (Å²) in [4.78, 5) is 25.7. The van der Waals surface area contributed by atoms with E-state index in [1.165, 1.54) is 0 Å². The van der Waals surface area contributed by atoms with Crippen molar-refractivity contribution in [1.82, 2.24) is 15.3 Å². The second-order valence-electron chi connectivity index (χ2n) is 6.52. The zero-order valence-electron chi connectivity index (χ0n) is 17.1. The summed E-state index contributed by atoms with van der Waals surface area (Å²) in [6.07, 6.45) is 0. The van der Waals surface area contributed by atoms with E-state index >= 15 is 0 Å². The molecule has 0 saturated carbocycles. The summed E-state index contributed by atoms with van der Waals surface area (Å²) in [5, 5.41) is 8.49. The fourth-order valence-electron chi connectivity index (χ4n) is 2.79. The lowest BCUT2D eigenvalue weighted by Crippen LogP contribution is -2.39. The second kappa shape index (κ2) is 10.0. The Kier molecular flexibility index (Phi) is 6.94. The summed E-state index contributed by atoms with van der Waals surface area (Å²) >= 11 is 0. The lowest BCUT2D eigenvalue weighted by Gasteiger charge is -2.13. The van der Waals surface area contributed by atoms with Gasteiger partial charge in [0.2, 0.25) is 11.9 Å². The SMILES string of the molecule is COc1ccccc1CN=C(NC(=O)Nc1ccccc1)Nc1nc(C)cc(C)n1. The van der Waals surface area contributed by atoms with Crippen LogP contribution in [-0.2, 0) is 6.54 Å². The predicted octanol–water partition coefficient (Wildman–Crippen LogP) is 3.89. The first-order chi connectivity index (χ1) is 14.5. The molecule has 0 aliphatic rings. The summed E-state index contributed by atoms with van der Waals surface area (Å²) in [6, 6.07) is 18.2. The number of aryl methyl sites for hydroxylation is 2. The van der Waals surface area contributed by atoms with Crippen molar-refractivity contribution in [3.05, 3.63) is 77.6 Å². The van der Waals surface area contributed by atoms with Crippen molar-refractivity contribution in [3.63, 3.8) is 0 Å². The molecule has 0 aliphatic heterocycles. The van der Waals surface area contributed by atoms with Crippen LogP contribution in [0.5, 0.6) is 5.75 Å². The van der Waals surface area contributed by atoms with Crippen LogP contribution >= 0.6 is 0 Å². The number of rotatable bonds is 5. The third-order valence-corrected chi connectivity index (χ3v) is 4.08. The Morgan fingerprint density at radius 1 is 0.967 bits per heavy atom. The quantitative estimate of drug-likeness (QED) is 0.442. The number of urea groups is 1. The molecule has 30 heavy (non-hydrogen) atoms. The van der Waals surface area contributed by atoms with Crippen molar-refractivity contribution in [3.8, 4) is 5.75 Å². The number of guanidine groups is 1. The van der Waals surface area contributed by atoms with Crippen LogP contribution in [0.3, 0.4) is 0 Å². The van der Waals surface area contributed by atoms with Gasteiger partial charge in [-0.3, -0.25) is 10.6 Å². The van der Waals surface area contributed by atoms with Crippen LogP contribution in [0.25, 0.3) is 0 Å². The van der Waals surface area contributed by atoms with Crippen LogP contribution in [0, 0.1) is 13.8 Å². The van der Waals surface area contributed by atoms with Crippen molar-refractivity contribution in [2.24, 2.45) is 4.99 Å². The summed E-state index contributed by atoms with van der Waals surface area (Å²) in [6.45, 7) is 4.05. The smallest absolute Gasteiger partial charge is 0.326 e. The number of aromatic nitrogens is 2. The maximum atomic E-state index is 12.5. The highest BCUT2D eigenvalue weighted by molar-refractivity contribution is 6.07. The highest BCUT2D eigenvalue weighted by Crippen LogP contribution is 2.18. The average molecular weight is 404 g/mol. The minimum atomic E-state index is -0.433. The van der Waals surface area contributed by atoms with E-state index in [2.05, 4.69) is 30.9 Å². The van der Waals surface area contributed by atoms with Gasteiger partial charge in [-0.05, 0) is 38.1 Å². The van der Waals surface area contributed by atoms with E-state index < -0.39 is 6.03 Å². The van der Waals surface area contributed by atoms with E-state index in [-0.39, 0.29) is 5.96 Å². The number of aliphatic imine (C=N–C) groups is 1. The molecule has 8 nitrogen and oxygen atoms in total. The van der Waals surface area contributed by atoms with Crippen LogP contribution in [-0.4, -0.2) is 29.1 Å². The first-order valence-electron chi connectivity index (χ1n) is 9.42. The van der Waals surface area contributed by atoms with E-state index in [1.54, 1.807) is 19.2 Å². The van der Waals surface area contributed by atoms with Crippen molar-refractivity contribution in [2.45, 2.75) is 20.4 Å². The molecule has 2 aromatic carbocycles. The maximum Gasteiger partial charge on any atom is 0.326 e. The molecule has 3 rings (SSSR count). The number of amides is 2. The Morgan fingerprint density at radius 3 is 2.33 bits per heavy atom. The molecule has 8 heteroatoms. The van der Waals surface area contributed by atoms with E-state index in [9.17, 15) is 4.79 Å². The highest BCUT2D eigenvalue weighted by Gasteiger charge is 2.10. The van der Waals surface area contributed by atoms with E-state index in [4.69, 9.17) is 4.74 Å². The van der Waals surface area contributed by atoms with Gasteiger partial charge in [0.05, 0.1) is 13.7 Å². The number of carbonyl (C=O) groups is 1. The van der Waals surface area contributed by atoms with Crippen LogP contribution in [0.1, 0.15) is 17.0 Å². The number of carbonyl (C=O) groups excluding carboxylic acids is 1. The average Bonchev–Trinajstić information content (AvgIpc) is 2.72. The van der Waals surface area contributed by atoms with Gasteiger partial charge in [-0.15, -0.1) is 0 Å². The molecular formula is C22H24N6O2. The van der Waals surface area contributed by atoms with Crippen LogP contribution in [0.2, 0.25) is 0 Å². The van der Waals surface area contributed by atoms with Gasteiger partial charge in [-0.1, -0.05) is 36.4 Å². The normalized spacial score (nSPS) is 11.0. The second-order valence-corrected chi connectivity index (χ2v) is 6.52. The van der Waals surface area contributed by atoms with E-state index in [0.717, 1.165) is 22.7 Å². The molecule has 2 amide bonds. The summed E-state index contributed by atoms with van der Waals surface area (Å²) in [7, 11) is 1.61. The highest BCUT2D eigenvalue weighted by atomic mass is 16.5.